The molecule has 10 amide bonds. The van der Waals surface area contributed by atoms with Crippen molar-refractivity contribution in [2.24, 2.45) is 23.1 Å². The van der Waals surface area contributed by atoms with E-state index in [2.05, 4.69) is 31.9 Å². The number of carboxylic acid groups (broad SMARTS) is 5. The SMILES string of the molecule is CC(C)[C@H](NC(=O)[C@H](CCC(=O)O)NC(=O)[C@H](CCC(N)=O)NC(=O)[C@H](CCC(N)=O)NC(=O)[C@H](CCC(=O)O)NC(=O)[C@@H](N)CCC(=O)O)C(=O)N1CCC[C@H]1C(=O)N1CCC[C@H]1C(=O)N[C@@H](CC(=O)O)C(=O)O. The Morgan fingerprint density at radius 2 is 0.867 bits per heavy atom. The summed E-state index contributed by atoms with van der Waals surface area (Å²) in [6.45, 7) is 3.09. The van der Waals surface area contributed by atoms with Gasteiger partial charge >= 0.3 is 29.8 Å². The molecule has 9 atom stereocenters. The second-order valence-corrected chi connectivity index (χ2v) is 18.3. The Bertz CT molecular complexity index is 2190. The second-order valence-electron chi connectivity index (χ2n) is 18.3. The Labute approximate surface area is 428 Å². The van der Waals surface area contributed by atoms with Crippen LogP contribution in [0.5, 0.6) is 0 Å². The van der Waals surface area contributed by atoms with Crippen LogP contribution in [0.15, 0.2) is 0 Å². The molecular formula is C44H67N11O20. The maximum atomic E-state index is 14.3. The predicted octanol–water partition coefficient (Wildman–Crippen LogP) is -5.45. The first kappa shape index (κ1) is 63.1. The van der Waals surface area contributed by atoms with Crippen LogP contribution in [0.25, 0.3) is 0 Å². The normalized spacial score (nSPS) is 17.9. The van der Waals surface area contributed by atoms with E-state index < -0.39 is 213 Å². The van der Waals surface area contributed by atoms with Gasteiger partial charge in [-0.25, -0.2) is 4.79 Å². The zero-order valence-corrected chi connectivity index (χ0v) is 41.3. The maximum absolute atomic E-state index is 14.3. The second kappa shape index (κ2) is 30.3. The average molecular weight is 1070 g/mol. The summed E-state index contributed by atoms with van der Waals surface area (Å²) in [4.78, 5) is 193. The summed E-state index contributed by atoms with van der Waals surface area (Å²) >= 11 is 0. The fourth-order valence-corrected chi connectivity index (χ4v) is 8.06. The number of carboxylic acids is 5. The summed E-state index contributed by atoms with van der Waals surface area (Å²) in [7, 11) is 0. The number of nitrogens with two attached hydrogens (primary N) is 3. The molecule has 0 aromatic heterocycles. The van der Waals surface area contributed by atoms with Gasteiger partial charge in [0, 0.05) is 45.2 Å². The van der Waals surface area contributed by atoms with Crippen LogP contribution in [0.2, 0.25) is 0 Å². The molecule has 418 valence electrons. The molecule has 0 aromatic carbocycles. The summed E-state index contributed by atoms with van der Waals surface area (Å²) < 4.78 is 0. The van der Waals surface area contributed by atoms with Crippen molar-refractivity contribution in [2.75, 3.05) is 13.1 Å². The van der Waals surface area contributed by atoms with Crippen LogP contribution in [0.1, 0.15) is 110 Å². The standard InChI is InChI=1S/C44H67N11O20/c1-20(2)35(43(73)55-18-4-6-28(55)42(72)54-17-3-5-27(54)41(71)52-26(44(74)75)19-34(64)65)53-40(70)25(11-16-33(62)63)51-38(68)23(9-13-30(47)57)49-37(67)22(8-12-29(46)56)50-39(69)24(10-15-32(60)61)48-36(66)21(45)7-14-31(58)59/h20-28,35H,3-19,45H2,1-2H3,(H2,46,56)(H2,47,57)(H,48,66)(H,49,67)(H,50,69)(H,51,68)(H,52,71)(H,53,70)(H,58,59)(H,60,61)(H,62,63)(H,64,65)(H,74,75)/t21-,22-,23-,24-,25-,26-,27-,28-,35-/m0/s1. The van der Waals surface area contributed by atoms with Crippen LogP contribution in [0, 0.1) is 5.92 Å². The molecule has 2 aliphatic rings. The lowest BCUT2D eigenvalue weighted by atomic mass is 10.0. The summed E-state index contributed by atoms with van der Waals surface area (Å²) in [6, 6.07) is -14.2. The monoisotopic (exact) mass is 1070 g/mol. The highest BCUT2D eigenvalue weighted by Crippen LogP contribution is 2.27. The molecule has 17 N–H and O–H groups in total. The molecular weight excluding hydrogens is 1000 g/mol. The molecule has 0 bridgehead atoms. The van der Waals surface area contributed by atoms with Crippen LogP contribution >= 0.6 is 0 Å². The zero-order chi connectivity index (χ0) is 56.9. The van der Waals surface area contributed by atoms with E-state index in [4.69, 9.17) is 27.4 Å². The molecule has 31 nitrogen and oxygen atoms in total. The molecule has 2 saturated heterocycles. The van der Waals surface area contributed by atoms with E-state index in [1.807, 2.05) is 0 Å². The third kappa shape index (κ3) is 21.2. The van der Waals surface area contributed by atoms with E-state index in [1.54, 1.807) is 0 Å². The topological polar surface area (TPSA) is 514 Å². The van der Waals surface area contributed by atoms with Crippen molar-refractivity contribution in [3.8, 4) is 0 Å². The van der Waals surface area contributed by atoms with Crippen molar-refractivity contribution in [1.29, 1.82) is 0 Å². The number of amides is 10. The number of carbonyl (C=O) groups is 15. The van der Waals surface area contributed by atoms with Crippen LogP contribution in [-0.4, -0.2) is 192 Å². The lowest BCUT2D eigenvalue weighted by Crippen LogP contribution is -2.61. The Morgan fingerprint density at radius 3 is 1.27 bits per heavy atom. The third-order valence-corrected chi connectivity index (χ3v) is 12.1. The van der Waals surface area contributed by atoms with Crippen molar-refractivity contribution >= 4 is 88.9 Å². The number of hydrogen-bond acceptors (Lipinski definition) is 16. The van der Waals surface area contributed by atoms with Gasteiger partial charge in [-0.3, -0.25) is 67.1 Å². The van der Waals surface area contributed by atoms with Gasteiger partial charge < -0.3 is 84.4 Å². The fraction of sp³-hybridized carbons (Fsp3) is 0.659. The van der Waals surface area contributed by atoms with Crippen molar-refractivity contribution in [3.05, 3.63) is 0 Å². The van der Waals surface area contributed by atoms with Gasteiger partial charge in [-0.1, -0.05) is 13.8 Å². The number of likely N-dealkylation sites (tertiary alicyclic amines) is 2. The van der Waals surface area contributed by atoms with Crippen molar-refractivity contribution in [1.82, 2.24) is 41.7 Å². The third-order valence-electron chi connectivity index (χ3n) is 12.1. The van der Waals surface area contributed by atoms with Gasteiger partial charge in [0.25, 0.3) is 0 Å². The summed E-state index contributed by atoms with van der Waals surface area (Å²) in [5.41, 5.74) is 16.3. The zero-order valence-electron chi connectivity index (χ0n) is 41.3. The molecule has 2 aliphatic heterocycles. The number of primary amides is 2. The molecule has 2 rings (SSSR count). The number of rotatable bonds is 33. The first-order valence-corrected chi connectivity index (χ1v) is 23.9. The minimum Gasteiger partial charge on any atom is -0.481 e. The molecule has 0 saturated carbocycles. The Morgan fingerprint density at radius 1 is 0.480 bits per heavy atom. The van der Waals surface area contributed by atoms with Crippen LogP contribution in [-0.2, 0) is 71.9 Å². The average Bonchev–Trinajstić information content (AvgIpc) is 4.02. The predicted molar refractivity (Wildman–Crippen MR) is 251 cm³/mol. The number of hydrogen-bond donors (Lipinski definition) is 14. The van der Waals surface area contributed by atoms with E-state index in [9.17, 15) is 87.2 Å². The van der Waals surface area contributed by atoms with Crippen molar-refractivity contribution in [2.45, 2.75) is 165 Å². The lowest BCUT2D eigenvalue weighted by Gasteiger charge is -2.34. The Kier molecular flexibility index (Phi) is 25.5. The van der Waals surface area contributed by atoms with Gasteiger partial charge in [0.05, 0.1) is 12.5 Å². The smallest absolute Gasteiger partial charge is 0.326 e. The van der Waals surface area contributed by atoms with Crippen LogP contribution in [0.4, 0.5) is 0 Å². The van der Waals surface area contributed by atoms with E-state index in [-0.39, 0.29) is 32.4 Å². The summed E-state index contributed by atoms with van der Waals surface area (Å²) in [5, 5.41) is 60.0. The number of carbonyl (C=O) groups excluding carboxylic acids is 10. The quantitative estimate of drug-likeness (QED) is 0.0292. The number of nitrogens with zero attached hydrogens (tertiary/aromatic N) is 2. The Balaban J connectivity index is 2.40. The van der Waals surface area contributed by atoms with Gasteiger partial charge in [0.2, 0.25) is 59.1 Å². The molecule has 0 aromatic rings. The van der Waals surface area contributed by atoms with Gasteiger partial charge in [-0.05, 0) is 63.7 Å². The van der Waals surface area contributed by atoms with E-state index >= 15 is 0 Å². The summed E-state index contributed by atoms with van der Waals surface area (Å²) in [5.74, 6) is -18.2. The molecule has 31 heteroatoms. The van der Waals surface area contributed by atoms with Gasteiger partial charge in [0.1, 0.15) is 48.3 Å². The van der Waals surface area contributed by atoms with Gasteiger partial charge in [-0.15, -0.1) is 0 Å². The molecule has 0 spiro atoms. The van der Waals surface area contributed by atoms with Gasteiger partial charge in [0.15, 0.2) is 0 Å². The largest absolute Gasteiger partial charge is 0.481 e. The fourth-order valence-electron chi connectivity index (χ4n) is 8.06. The first-order chi connectivity index (χ1) is 35.0. The van der Waals surface area contributed by atoms with Crippen LogP contribution < -0.4 is 49.1 Å². The molecule has 2 heterocycles. The highest BCUT2D eigenvalue weighted by molar-refractivity contribution is 5.99. The van der Waals surface area contributed by atoms with Gasteiger partial charge in [-0.2, -0.15) is 0 Å². The maximum Gasteiger partial charge on any atom is 0.326 e. The summed E-state index contributed by atoms with van der Waals surface area (Å²) in [6.07, 6.45) is -6.04. The van der Waals surface area contributed by atoms with Crippen LogP contribution in [0.3, 0.4) is 0 Å². The molecule has 0 radical (unpaired) electrons. The minimum absolute atomic E-state index is 0.000429. The highest BCUT2D eigenvalue weighted by Gasteiger charge is 2.45. The highest BCUT2D eigenvalue weighted by atomic mass is 16.4. The first-order valence-electron chi connectivity index (χ1n) is 23.9. The molecule has 75 heavy (non-hydrogen) atoms. The van der Waals surface area contributed by atoms with Crippen molar-refractivity contribution in [3.63, 3.8) is 0 Å². The number of nitrogens with one attached hydrogen (secondary N) is 6. The van der Waals surface area contributed by atoms with E-state index in [0.29, 0.717) is 12.8 Å². The van der Waals surface area contributed by atoms with E-state index in [0.717, 1.165) is 4.90 Å². The minimum atomic E-state index is -1.81. The molecule has 0 aliphatic carbocycles. The van der Waals surface area contributed by atoms with E-state index in [1.165, 1.54) is 18.7 Å². The Hall–Kier alpha value is -7.99. The lowest BCUT2D eigenvalue weighted by molar-refractivity contribution is -0.150. The number of aliphatic carboxylic acids is 5. The molecule has 0 unspecified atom stereocenters. The molecule has 2 fully saturated rings. The van der Waals surface area contributed by atoms with Crippen molar-refractivity contribution < 1.29 is 97.5 Å².